The van der Waals surface area contributed by atoms with E-state index in [2.05, 4.69) is 5.32 Å². The number of methoxy groups -OCH3 is 1. The van der Waals surface area contributed by atoms with Crippen LogP contribution in [-0.4, -0.2) is 60.6 Å². The van der Waals surface area contributed by atoms with Crippen LogP contribution in [0.4, 0.5) is 0 Å². The molecule has 2 fully saturated rings. The zero-order valence-corrected chi connectivity index (χ0v) is 17.3. The predicted octanol–water partition coefficient (Wildman–Crippen LogP) is 1.35. The van der Waals surface area contributed by atoms with Gasteiger partial charge >= 0.3 is 0 Å². The molecule has 0 radical (unpaired) electrons. The molecule has 30 heavy (non-hydrogen) atoms. The fourth-order valence-electron chi connectivity index (χ4n) is 3.85. The Morgan fingerprint density at radius 3 is 2.67 bits per heavy atom. The molecule has 0 spiro atoms. The van der Waals surface area contributed by atoms with E-state index in [0.717, 1.165) is 10.4 Å². The smallest absolute Gasteiger partial charge is 0.261 e. The molecule has 1 aromatic heterocycles. The van der Waals surface area contributed by atoms with Crippen molar-refractivity contribution < 1.29 is 24.0 Å². The van der Waals surface area contributed by atoms with E-state index >= 15 is 0 Å². The molecule has 1 aromatic carbocycles. The van der Waals surface area contributed by atoms with Gasteiger partial charge in [0.15, 0.2) is 6.10 Å². The molecule has 3 atom stereocenters. The van der Waals surface area contributed by atoms with Crippen LogP contribution in [-0.2, 0) is 30.5 Å². The number of nitrogens with one attached hydrogen (secondary N) is 1. The molecule has 0 bridgehead atoms. The summed E-state index contributed by atoms with van der Waals surface area (Å²) >= 11 is 1.47. The van der Waals surface area contributed by atoms with Crippen molar-refractivity contribution in [1.29, 1.82) is 0 Å². The fraction of sp³-hybridized carbons (Fsp3) is 0.381. The lowest BCUT2D eigenvalue weighted by Crippen LogP contribution is -2.41. The van der Waals surface area contributed by atoms with E-state index in [9.17, 15) is 14.4 Å². The molecule has 2 aliphatic heterocycles. The summed E-state index contributed by atoms with van der Waals surface area (Å²) in [5.74, 6) is -1.56. The van der Waals surface area contributed by atoms with Gasteiger partial charge in [-0.05, 0) is 17.0 Å². The highest BCUT2D eigenvalue weighted by Gasteiger charge is 2.59. The molecule has 2 aliphatic rings. The number of rotatable bonds is 8. The van der Waals surface area contributed by atoms with Crippen molar-refractivity contribution in [2.24, 2.45) is 5.92 Å². The van der Waals surface area contributed by atoms with Gasteiger partial charge in [0, 0.05) is 18.5 Å². The predicted molar refractivity (Wildman–Crippen MR) is 109 cm³/mol. The second-order valence-electron chi connectivity index (χ2n) is 7.18. The number of hydrogen-bond donors (Lipinski definition) is 1. The molecule has 158 valence electrons. The normalized spacial score (nSPS) is 23.8. The Balaban J connectivity index is 1.53. The van der Waals surface area contributed by atoms with Crippen molar-refractivity contribution in [3.63, 3.8) is 0 Å². The van der Waals surface area contributed by atoms with E-state index in [1.807, 2.05) is 47.8 Å². The van der Waals surface area contributed by atoms with Crippen LogP contribution in [0.25, 0.3) is 0 Å². The van der Waals surface area contributed by atoms with E-state index in [-0.39, 0.29) is 30.8 Å². The number of ether oxygens (including phenoxy) is 1. The SMILES string of the molecule is COCCNC(=O)CN1OC2C(=O)N(Cc3ccccc3)C(=O)C2C1c1cccs1. The Hall–Kier alpha value is -2.59. The molecule has 0 aliphatic carbocycles. The number of imide groups is 1. The lowest BCUT2D eigenvalue weighted by Gasteiger charge is -2.25. The molecule has 2 aromatic rings. The van der Waals surface area contributed by atoms with Crippen LogP contribution in [0.3, 0.4) is 0 Å². The molecule has 0 saturated carbocycles. The summed E-state index contributed by atoms with van der Waals surface area (Å²) in [4.78, 5) is 46.6. The third-order valence-corrected chi connectivity index (χ3v) is 6.18. The Kier molecular flexibility index (Phi) is 6.24. The third-order valence-electron chi connectivity index (χ3n) is 5.23. The van der Waals surface area contributed by atoms with Crippen LogP contribution >= 0.6 is 11.3 Å². The number of carbonyl (C=O) groups is 3. The third kappa shape index (κ3) is 4.01. The van der Waals surface area contributed by atoms with Gasteiger partial charge in [-0.1, -0.05) is 36.4 Å². The van der Waals surface area contributed by atoms with Crippen molar-refractivity contribution in [3.8, 4) is 0 Å². The zero-order valence-electron chi connectivity index (χ0n) is 16.5. The van der Waals surface area contributed by atoms with Gasteiger partial charge in [-0.25, -0.2) is 0 Å². The van der Waals surface area contributed by atoms with Crippen LogP contribution in [0.1, 0.15) is 16.5 Å². The number of thiophene rings is 1. The Morgan fingerprint density at radius 1 is 1.17 bits per heavy atom. The first-order chi connectivity index (χ1) is 14.6. The quantitative estimate of drug-likeness (QED) is 0.504. The molecule has 1 N–H and O–H groups in total. The Labute approximate surface area is 178 Å². The van der Waals surface area contributed by atoms with Crippen molar-refractivity contribution in [1.82, 2.24) is 15.3 Å². The summed E-state index contributed by atoms with van der Waals surface area (Å²) in [6, 6.07) is 12.7. The minimum absolute atomic E-state index is 0.0709. The number of nitrogens with zero attached hydrogens (tertiary/aromatic N) is 2. The van der Waals surface area contributed by atoms with Gasteiger partial charge in [0.05, 0.1) is 25.1 Å². The van der Waals surface area contributed by atoms with Gasteiger partial charge < -0.3 is 10.1 Å². The summed E-state index contributed by atoms with van der Waals surface area (Å²) in [7, 11) is 1.56. The number of amides is 3. The van der Waals surface area contributed by atoms with Crippen LogP contribution in [0, 0.1) is 5.92 Å². The summed E-state index contributed by atoms with van der Waals surface area (Å²) < 4.78 is 4.94. The highest BCUT2D eigenvalue weighted by Crippen LogP contribution is 2.45. The monoisotopic (exact) mass is 429 g/mol. The summed E-state index contributed by atoms with van der Waals surface area (Å²) in [6.07, 6.45) is -0.917. The molecule has 3 amide bonds. The lowest BCUT2D eigenvalue weighted by atomic mass is 9.95. The molecular weight excluding hydrogens is 406 g/mol. The standard InChI is InChI=1S/C21H23N3O5S/c1-28-10-9-22-16(25)13-24-18(15-8-5-11-30-15)17-19(29-24)21(27)23(20(17)26)12-14-6-3-2-4-7-14/h2-8,11,17-19H,9-10,12-13H2,1H3,(H,22,25). The topological polar surface area (TPSA) is 88.2 Å². The second kappa shape index (κ2) is 9.05. The Morgan fingerprint density at radius 2 is 1.97 bits per heavy atom. The molecule has 3 heterocycles. The molecular formula is C21H23N3O5S. The van der Waals surface area contributed by atoms with E-state index in [1.54, 1.807) is 7.11 Å². The number of benzene rings is 1. The highest BCUT2D eigenvalue weighted by atomic mass is 32.1. The van der Waals surface area contributed by atoms with Crippen LogP contribution < -0.4 is 5.32 Å². The van der Waals surface area contributed by atoms with Crippen molar-refractivity contribution in [2.75, 3.05) is 26.8 Å². The number of hydrogen-bond acceptors (Lipinski definition) is 7. The lowest BCUT2D eigenvalue weighted by molar-refractivity contribution is -0.182. The minimum atomic E-state index is -0.917. The van der Waals surface area contributed by atoms with Gasteiger partial charge in [-0.15, -0.1) is 11.3 Å². The number of carbonyl (C=O) groups excluding carboxylic acids is 3. The maximum Gasteiger partial charge on any atom is 0.261 e. The molecule has 4 rings (SSSR count). The van der Waals surface area contributed by atoms with Gasteiger partial charge in [0.1, 0.15) is 6.54 Å². The van der Waals surface area contributed by atoms with Crippen LogP contribution in [0.2, 0.25) is 0 Å². The van der Waals surface area contributed by atoms with Crippen molar-refractivity contribution in [2.45, 2.75) is 18.7 Å². The zero-order chi connectivity index (χ0) is 21.1. The number of fused-ring (bicyclic) bond motifs is 1. The maximum absolute atomic E-state index is 13.2. The van der Waals surface area contributed by atoms with Crippen molar-refractivity contribution in [3.05, 3.63) is 58.3 Å². The molecule has 3 unspecified atom stereocenters. The van der Waals surface area contributed by atoms with E-state index in [4.69, 9.17) is 9.57 Å². The van der Waals surface area contributed by atoms with Gasteiger partial charge in [-0.3, -0.25) is 24.1 Å². The summed E-state index contributed by atoms with van der Waals surface area (Å²) in [6.45, 7) is 0.919. The average Bonchev–Trinajstić information content (AvgIpc) is 3.44. The molecule has 9 heteroatoms. The van der Waals surface area contributed by atoms with E-state index in [0.29, 0.717) is 13.2 Å². The largest absolute Gasteiger partial charge is 0.383 e. The average molecular weight is 429 g/mol. The van der Waals surface area contributed by atoms with Gasteiger partial charge in [0.25, 0.3) is 5.91 Å². The molecule has 8 nitrogen and oxygen atoms in total. The van der Waals surface area contributed by atoms with E-state index < -0.39 is 18.1 Å². The van der Waals surface area contributed by atoms with Crippen LogP contribution in [0.5, 0.6) is 0 Å². The summed E-state index contributed by atoms with van der Waals surface area (Å²) in [5.41, 5.74) is 0.876. The first kappa shape index (κ1) is 20.7. The summed E-state index contributed by atoms with van der Waals surface area (Å²) in [5, 5.41) is 6.12. The van der Waals surface area contributed by atoms with Crippen LogP contribution in [0.15, 0.2) is 47.8 Å². The fourth-order valence-corrected chi connectivity index (χ4v) is 4.73. The van der Waals surface area contributed by atoms with Gasteiger partial charge in [0.2, 0.25) is 11.8 Å². The van der Waals surface area contributed by atoms with E-state index in [1.165, 1.54) is 21.3 Å². The number of likely N-dealkylation sites (tertiary alicyclic amines) is 1. The molecule has 2 saturated heterocycles. The first-order valence-corrected chi connectivity index (χ1v) is 10.6. The maximum atomic E-state index is 13.2. The van der Waals surface area contributed by atoms with Gasteiger partial charge in [-0.2, -0.15) is 5.06 Å². The highest BCUT2D eigenvalue weighted by molar-refractivity contribution is 7.10. The van der Waals surface area contributed by atoms with Crippen molar-refractivity contribution >= 4 is 29.1 Å². The first-order valence-electron chi connectivity index (χ1n) is 9.71. The second-order valence-corrected chi connectivity index (χ2v) is 8.16. The minimum Gasteiger partial charge on any atom is -0.383 e. The number of hydroxylamine groups is 2. The Bertz CT molecular complexity index is 905.